The summed E-state index contributed by atoms with van der Waals surface area (Å²) in [5.74, 6) is 0. The van der Waals surface area contributed by atoms with Crippen LogP contribution >= 0.6 is 11.6 Å². The summed E-state index contributed by atoms with van der Waals surface area (Å²) in [6.07, 6.45) is 4.71. The minimum Gasteiger partial charge on any atom is -0.223 e. The summed E-state index contributed by atoms with van der Waals surface area (Å²) in [4.78, 5) is 0.295. The van der Waals surface area contributed by atoms with Crippen LogP contribution < -0.4 is 0 Å². The van der Waals surface area contributed by atoms with E-state index in [4.69, 9.17) is 11.6 Å². The highest BCUT2D eigenvalue weighted by Gasteiger charge is 2.30. The highest BCUT2D eigenvalue weighted by atomic mass is 35.5. The van der Waals surface area contributed by atoms with Gasteiger partial charge in [-0.05, 0) is 25.0 Å². The molecule has 1 fully saturated rings. The molecule has 0 radical (unpaired) electrons. The van der Waals surface area contributed by atoms with Crippen LogP contribution in [0.2, 0.25) is 5.02 Å². The molecular formula is C12H15ClO2S. The van der Waals surface area contributed by atoms with Crippen molar-refractivity contribution in [2.75, 3.05) is 0 Å². The maximum atomic E-state index is 12.3. The molecule has 0 aromatic heterocycles. The van der Waals surface area contributed by atoms with Crippen molar-refractivity contribution in [3.05, 3.63) is 29.3 Å². The average Bonchev–Trinajstić information content (AvgIpc) is 2.30. The quantitative estimate of drug-likeness (QED) is 0.814. The van der Waals surface area contributed by atoms with Gasteiger partial charge in [0.1, 0.15) is 0 Å². The van der Waals surface area contributed by atoms with Gasteiger partial charge >= 0.3 is 0 Å². The van der Waals surface area contributed by atoms with Crippen molar-refractivity contribution in [3.8, 4) is 0 Å². The van der Waals surface area contributed by atoms with E-state index in [1.807, 2.05) is 0 Å². The van der Waals surface area contributed by atoms with Crippen molar-refractivity contribution in [3.63, 3.8) is 0 Å². The number of benzene rings is 1. The fourth-order valence-electron chi connectivity index (χ4n) is 2.23. The molecule has 0 amide bonds. The molecule has 0 atom stereocenters. The zero-order valence-corrected chi connectivity index (χ0v) is 10.6. The van der Waals surface area contributed by atoms with Gasteiger partial charge in [0, 0.05) is 0 Å². The fraction of sp³-hybridized carbons (Fsp3) is 0.500. The minimum atomic E-state index is -3.22. The summed E-state index contributed by atoms with van der Waals surface area (Å²) in [6, 6.07) is 6.72. The van der Waals surface area contributed by atoms with Crippen molar-refractivity contribution in [1.82, 2.24) is 0 Å². The first-order valence-electron chi connectivity index (χ1n) is 5.61. The Labute approximate surface area is 102 Å². The van der Waals surface area contributed by atoms with Gasteiger partial charge in [0.25, 0.3) is 0 Å². The van der Waals surface area contributed by atoms with Crippen molar-refractivity contribution in [2.24, 2.45) is 0 Å². The van der Waals surface area contributed by atoms with Gasteiger partial charge < -0.3 is 0 Å². The Morgan fingerprint density at radius 3 is 2.31 bits per heavy atom. The van der Waals surface area contributed by atoms with Crippen LogP contribution in [-0.4, -0.2) is 13.7 Å². The zero-order valence-electron chi connectivity index (χ0n) is 9.02. The first-order valence-corrected chi connectivity index (χ1v) is 7.53. The molecule has 2 nitrogen and oxygen atoms in total. The molecule has 1 aromatic carbocycles. The Balaban J connectivity index is 2.35. The molecule has 0 bridgehead atoms. The molecule has 2 rings (SSSR count). The van der Waals surface area contributed by atoms with Crippen LogP contribution in [0.1, 0.15) is 32.1 Å². The average molecular weight is 259 g/mol. The summed E-state index contributed by atoms with van der Waals surface area (Å²) in [5, 5.41) is 0.106. The smallest absolute Gasteiger partial charge is 0.182 e. The van der Waals surface area contributed by atoms with E-state index in [-0.39, 0.29) is 5.25 Å². The third kappa shape index (κ3) is 2.25. The first-order chi connectivity index (χ1) is 7.62. The van der Waals surface area contributed by atoms with E-state index in [1.54, 1.807) is 24.3 Å². The van der Waals surface area contributed by atoms with E-state index < -0.39 is 9.84 Å². The summed E-state index contributed by atoms with van der Waals surface area (Å²) < 4.78 is 24.6. The number of rotatable bonds is 2. The van der Waals surface area contributed by atoms with E-state index in [9.17, 15) is 8.42 Å². The molecular weight excluding hydrogens is 244 g/mol. The Morgan fingerprint density at radius 1 is 1.06 bits per heavy atom. The molecule has 4 heteroatoms. The van der Waals surface area contributed by atoms with Crippen molar-refractivity contribution < 1.29 is 8.42 Å². The minimum absolute atomic E-state index is 0.235. The number of hydrogen-bond donors (Lipinski definition) is 0. The first kappa shape index (κ1) is 11.9. The van der Waals surface area contributed by atoms with E-state index >= 15 is 0 Å². The number of hydrogen-bond acceptors (Lipinski definition) is 2. The summed E-state index contributed by atoms with van der Waals surface area (Å²) >= 11 is 5.95. The predicted molar refractivity (Wildman–Crippen MR) is 65.5 cm³/mol. The molecule has 1 saturated carbocycles. The standard InChI is InChI=1S/C12H15ClO2S/c13-11-8-4-5-9-12(11)16(14,15)10-6-2-1-3-7-10/h4-5,8-10H,1-3,6-7H2. The Hall–Kier alpha value is -0.540. The molecule has 1 aromatic rings. The largest absolute Gasteiger partial charge is 0.223 e. The second-order valence-corrected chi connectivity index (χ2v) is 6.84. The lowest BCUT2D eigenvalue weighted by molar-refractivity contribution is 0.483. The van der Waals surface area contributed by atoms with Gasteiger partial charge in [0.05, 0.1) is 15.2 Å². The lowest BCUT2D eigenvalue weighted by Crippen LogP contribution is -2.24. The van der Waals surface area contributed by atoms with Crippen molar-refractivity contribution >= 4 is 21.4 Å². The zero-order chi connectivity index (χ0) is 11.6. The molecule has 88 valence electrons. The van der Waals surface area contributed by atoms with Gasteiger partial charge in [-0.15, -0.1) is 0 Å². The Bertz CT molecular complexity index is 462. The van der Waals surface area contributed by atoms with Gasteiger partial charge in [-0.25, -0.2) is 8.42 Å². The van der Waals surface area contributed by atoms with E-state index in [2.05, 4.69) is 0 Å². The van der Waals surface area contributed by atoms with Crippen molar-refractivity contribution in [2.45, 2.75) is 42.2 Å². The molecule has 0 heterocycles. The molecule has 16 heavy (non-hydrogen) atoms. The molecule has 0 spiro atoms. The Morgan fingerprint density at radius 2 is 1.69 bits per heavy atom. The van der Waals surface area contributed by atoms with Crippen molar-refractivity contribution in [1.29, 1.82) is 0 Å². The van der Waals surface area contributed by atoms with Crippen LogP contribution in [-0.2, 0) is 9.84 Å². The summed E-state index contributed by atoms with van der Waals surface area (Å²) in [7, 11) is -3.22. The van der Waals surface area contributed by atoms with Gasteiger partial charge in [0.15, 0.2) is 9.84 Å². The fourth-order valence-corrected chi connectivity index (χ4v) is 4.61. The topological polar surface area (TPSA) is 34.1 Å². The van der Waals surface area contributed by atoms with Crippen LogP contribution in [0, 0.1) is 0 Å². The second-order valence-electron chi connectivity index (χ2n) is 4.24. The molecule has 1 aliphatic rings. The molecule has 0 unspecified atom stereocenters. The number of halogens is 1. The van der Waals surface area contributed by atoms with Crippen LogP contribution in [0.4, 0.5) is 0 Å². The molecule has 0 aliphatic heterocycles. The molecule has 0 N–H and O–H groups in total. The van der Waals surface area contributed by atoms with E-state index in [0.717, 1.165) is 32.1 Å². The summed E-state index contributed by atoms with van der Waals surface area (Å²) in [6.45, 7) is 0. The highest BCUT2D eigenvalue weighted by Crippen LogP contribution is 2.31. The van der Waals surface area contributed by atoms with E-state index in [1.165, 1.54) is 0 Å². The van der Waals surface area contributed by atoms with Crippen LogP contribution in [0.5, 0.6) is 0 Å². The second kappa shape index (κ2) is 4.76. The number of sulfone groups is 1. The van der Waals surface area contributed by atoms with Gasteiger partial charge in [-0.1, -0.05) is 43.0 Å². The van der Waals surface area contributed by atoms with Crippen LogP contribution in [0.25, 0.3) is 0 Å². The third-order valence-corrected chi connectivity index (χ3v) is 5.89. The SMILES string of the molecule is O=S(=O)(c1ccccc1Cl)C1CCCCC1. The third-order valence-electron chi connectivity index (χ3n) is 3.13. The van der Waals surface area contributed by atoms with Gasteiger partial charge in [0.2, 0.25) is 0 Å². The van der Waals surface area contributed by atoms with Crippen LogP contribution in [0.3, 0.4) is 0 Å². The molecule has 1 aliphatic carbocycles. The molecule has 0 saturated heterocycles. The monoisotopic (exact) mass is 258 g/mol. The lowest BCUT2D eigenvalue weighted by atomic mass is 10.0. The normalized spacial score (nSPS) is 18.6. The predicted octanol–water partition coefficient (Wildman–Crippen LogP) is 3.45. The van der Waals surface area contributed by atoms with Crippen LogP contribution in [0.15, 0.2) is 29.2 Å². The highest BCUT2D eigenvalue weighted by molar-refractivity contribution is 7.92. The maximum absolute atomic E-state index is 12.3. The maximum Gasteiger partial charge on any atom is 0.182 e. The van der Waals surface area contributed by atoms with E-state index in [0.29, 0.717) is 9.92 Å². The Kier molecular flexibility index (Phi) is 3.55. The van der Waals surface area contributed by atoms with Gasteiger partial charge in [-0.2, -0.15) is 0 Å². The lowest BCUT2D eigenvalue weighted by Gasteiger charge is -2.22. The van der Waals surface area contributed by atoms with Gasteiger partial charge in [-0.3, -0.25) is 0 Å². The summed E-state index contributed by atoms with van der Waals surface area (Å²) in [5.41, 5.74) is 0.